The molecule has 5 heteroatoms. The van der Waals surface area contributed by atoms with Crippen LogP contribution < -0.4 is 5.73 Å². The van der Waals surface area contributed by atoms with Gasteiger partial charge in [-0.1, -0.05) is 52.8 Å². The van der Waals surface area contributed by atoms with Gasteiger partial charge in [0.1, 0.15) is 12.1 Å². The SMILES string of the molecule is CC.Cc1cn([CH-]CC[CH-]C(C)C)c2ncnc(N)c12.[Y]. The number of nitrogens with two attached hydrogens (primary N) is 1. The summed E-state index contributed by atoms with van der Waals surface area (Å²) in [5, 5.41) is 0.960. The van der Waals surface area contributed by atoms with E-state index in [1.165, 1.54) is 6.33 Å². The zero-order valence-electron chi connectivity index (χ0n) is 13.8. The molecule has 0 aliphatic carbocycles. The van der Waals surface area contributed by atoms with Crippen LogP contribution in [-0.4, -0.2) is 14.5 Å². The molecular formula is C16H26N4Y-2. The smallest absolute Gasteiger partial charge is 0.122 e. The second-order valence-electron chi connectivity index (χ2n) is 4.92. The molecule has 0 aliphatic heterocycles. The van der Waals surface area contributed by atoms with E-state index in [0.29, 0.717) is 11.7 Å². The molecule has 0 saturated carbocycles. The molecule has 4 nitrogen and oxygen atoms in total. The van der Waals surface area contributed by atoms with Gasteiger partial charge in [-0.05, 0) is 5.39 Å². The molecule has 0 atom stereocenters. The van der Waals surface area contributed by atoms with E-state index >= 15 is 0 Å². The summed E-state index contributed by atoms with van der Waals surface area (Å²) < 4.78 is 2.05. The first-order valence-corrected chi connectivity index (χ1v) is 7.34. The first kappa shape index (κ1) is 20.4. The second kappa shape index (κ2) is 10.2. The van der Waals surface area contributed by atoms with Crippen LogP contribution in [0.1, 0.15) is 46.1 Å². The average molecular weight is 363 g/mol. The molecule has 0 fully saturated rings. The van der Waals surface area contributed by atoms with Gasteiger partial charge in [0.25, 0.3) is 0 Å². The topological polar surface area (TPSA) is 56.7 Å². The quantitative estimate of drug-likeness (QED) is 0.645. The minimum atomic E-state index is 0. The maximum Gasteiger partial charge on any atom is 0.122 e. The summed E-state index contributed by atoms with van der Waals surface area (Å²) in [6.07, 6.45) is 7.98. The molecule has 0 spiro atoms. The second-order valence-corrected chi connectivity index (χ2v) is 4.92. The van der Waals surface area contributed by atoms with Gasteiger partial charge >= 0.3 is 0 Å². The number of aromatic nitrogens is 3. The van der Waals surface area contributed by atoms with E-state index in [4.69, 9.17) is 5.73 Å². The molecular weight excluding hydrogens is 337 g/mol. The zero-order chi connectivity index (χ0) is 15.1. The van der Waals surface area contributed by atoms with Crippen molar-refractivity contribution in [3.63, 3.8) is 0 Å². The molecule has 1 radical (unpaired) electrons. The Morgan fingerprint density at radius 1 is 1.24 bits per heavy atom. The molecule has 0 unspecified atom stereocenters. The predicted octanol–water partition coefficient (Wildman–Crippen LogP) is 4.00. The Morgan fingerprint density at radius 3 is 2.52 bits per heavy atom. The molecule has 2 aromatic heterocycles. The predicted molar refractivity (Wildman–Crippen MR) is 86.1 cm³/mol. The fourth-order valence-corrected chi connectivity index (χ4v) is 2.08. The monoisotopic (exact) mass is 363 g/mol. The number of hydrogen-bond acceptors (Lipinski definition) is 3. The Hall–Kier alpha value is -0.606. The normalized spacial score (nSPS) is 10.0. The van der Waals surface area contributed by atoms with Crippen molar-refractivity contribution >= 4 is 16.9 Å². The average Bonchev–Trinajstić information content (AvgIpc) is 2.75. The third-order valence-corrected chi connectivity index (χ3v) is 2.96. The van der Waals surface area contributed by atoms with Gasteiger partial charge in [0.05, 0.1) is 0 Å². The van der Waals surface area contributed by atoms with Gasteiger partial charge in [-0.2, -0.15) is 12.3 Å². The van der Waals surface area contributed by atoms with Crippen LogP contribution in [0.4, 0.5) is 5.82 Å². The molecule has 0 aromatic carbocycles. The Bertz CT molecular complexity index is 534. The maximum atomic E-state index is 5.88. The summed E-state index contributed by atoms with van der Waals surface area (Å²) in [5.41, 5.74) is 7.89. The minimum Gasteiger partial charge on any atom is -0.469 e. The van der Waals surface area contributed by atoms with Gasteiger partial charge in [-0.15, -0.1) is 6.54 Å². The summed E-state index contributed by atoms with van der Waals surface area (Å²) in [6.45, 7) is 12.6. The number of aryl methyl sites for hydroxylation is 1. The number of nitrogens with zero attached hydrogens (tertiary/aromatic N) is 3. The van der Waals surface area contributed by atoms with Crippen LogP contribution in [0.15, 0.2) is 12.5 Å². The van der Waals surface area contributed by atoms with Crippen molar-refractivity contribution in [2.45, 2.75) is 47.5 Å². The van der Waals surface area contributed by atoms with Crippen molar-refractivity contribution in [2.75, 3.05) is 5.73 Å². The number of nitrogen functional groups attached to an aromatic ring is 1. The van der Waals surface area contributed by atoms with Crippen molar-refractivity contribution in [3.05, 3.63) is 31.1 Å². The van der Waals surface area contributed by atoms with E-state index < -0.39 is 0 Å². The summed E-state index contributed by atoms with van der Waals surface area (Å²) >= 11 is 0. The molecule has 2 rings (SSSR count). The van der Waals surface area contributed by atoms with Crippen molar-refractivity contribution in [1.29, 1.82) is 0 Å². The van der Waals surface area contributed by atoms with Gasteiger partial charge in [-0.25, -0.2) is 4.98 Å². The van der Waals surface area contributed by atoms with E-state index in [-0.39, 0.29) is 32.7 Å². The van der Waals surface area contributed by atoms with E-state index in [9.17, 15) is 0 Å². The number of unbranched alkanes of at least 4 members (excludes halogenated alkanes) is 1. The van der Waals surface area contributed by atoms with Crippen LogP contribution >= 0.6 is 0 Å². The summed E-state index contributed by atoms with van der Waals surface area (Å²) in [6, 6.07) is 0. The maximum absolute atomic E-state index is 5.88. The molecule has 0 amide bonds. The number of fused-ring (bicyclic) bond motifs is 1. The van der Waals surface area contributed by atoms with Gasteiger partial charge in [0, 0.05) is 38.4 Å². The van der Waals surface area contributed by atoms with Gasteiger partial charge in [0.2, 0.25) is 0 Å². The minimum absolute atomic E-state index is 0. The first-order chi connectivity index (χ1) is 9.59. The van der Waals surface area contributed by atoms with E-state index in [2.05, 4.69) is 47.5 Å². The van der Waals surface area contributed by atoms with Crippen molar-refractivity contribution in [1.82, 2.24) is 14.5 Å². The molecule has 2 aromatic rings. The van der Waals surface area contributed by atoms with Crippen LogP contribution in [0, 0.1) is 25.8 Å². The number of hydrogen-bond donors (Lipinski definition) is 1. The Balaban J connectivity index is 0.00000128. The van der Waals surface area contributed by atoms with Crippen molar-refractivity contribution in [2.24, 2.45) is 5.92 Å². The van der Waals surface area contributed by atoms with Crippen LogP contribution in [-0.2, 0) is 32.7 Å². The molecule has 0 aliphatic rings. The third kappa shape index (κ3) is 5.59. The fraction of sp³-hybridized carbons (Fsp3) is 0.500. The van der Waals surface area contributed by atoms with Crippen LogP contribution in [0.2, 0.25) is 0 Å². The molecule has 0 saturated heterocycles. The number of anilines is 1. The third-order valence-electron chi connectivity index (χ3n) is 2.96. The largest absolute Gasteiger partial charge is 0.469 e. The zero-order valence-corrected chi connectivity index (χ0v) is 16.6. The van der Waals surface area contributed by atoms with E-state index in [1.807, 2.05) is 20.8 Å². The summed E-state index contributed by atoms with van der Waals surface area (Å²) in [5.74, 6) is 1.19. The Kier molecular flexibility index (Phi) is 9.88. The first-order valence-electron chi connectivity index (χ1n) is 7.34. The van der Waals surface area contributed by atoms with Crippen molar-refractivity contribution in [3.8, 4) is 0 Å². The summed E-state index contributed by atoms with van der Waals surface area (Å²) in [7, 11) is 0. The summed E-state index contributed by atoms with van der Waals surface area (Å²) in [4.78, 5) is 8.34. The van der Waals surface area contributed by atoms with E-state index in [1.54, 1.807) is 0 Å². The van der Waals surface area contributed by atoms with Gasteiger partial charge in [-0.3, -0.25) is 4.98 Å². The van der Waals surface area contributed by atoms with Crippen LogP contribution in [0.25, 0.3) is 11.0 Å². The molecule has 115 valence electrons. The van der Waals surface area contributed by atoms with Gasteiger partial charge in [0.15, 0.2) is 0 Å². The molecule has 2 heterocycles. The van der Waals surface area contributed by atoms with Gasteiger partial charge < -0.3 is 16.7 Å². The number of rotatable bonds is 5. The van der Waals surface area contributed by atoms with Crippen LogP contribution in [0.3, 0.4) is 0 Å². The van der Waals surface area contributed by atoms with E-state index in [0.717, 1.165) is 29.4 Å². The van der Waals surface area contributed by atoms with Crippen LogP contribution in [0.5, 0.6) is 0 Å². The fourth-order valence-electron chi connectivity index (χ4n) is 2.08. The van der Waals surface area contributed by atoms with Crippen molar-refractivity contribution < 1.29 is 32.7 Å². The molecule has 0 bridgehead atoms. The Morgan fingerprint density at radius 2 is 1.90 bits per heavy atom. The molecule has 2 N–H and O–H groups in total. The Labute approximate surface area is 153 Å². The molecule has 21 heavy (non-hydrogen) atoms. The standard InChI is InChI=1S/C14H20N4.C2H6.Y/c1-10(2)6-4-5-7-18-8-11(3)12-13(15)16-9-17-14(12)18;1-2;/h6-10H,4-5H2,1-3H3,(H2,15,16,17);1-2H3;/q-2;;.